The monoisotopic (exact) mass is 331 g/mol. The van der Waals surface area contributed by atoms with E-state index in [2.05, 4.69) is 40.3 Å². The fraction of sp³-hybridized carbons (Fsp3) is 0.714. The fourth-order valence-electron chi connectivity index (χ4n) is 2.54. The zero-order valence-corrected chi connectivity index (χ0v) is 13.6. The molecule has 1 fully saturated rings. The molecule has 0 radical (unpaired) electrons. The molecule has 0 saturated heterocycles. The van der Waals surface area contributed by atoms with E-state index in [4.69, 9.17) is 4.74 Å². The molecule has 1 aliphatic rings. The Bertz CT molecular complexity index is 370. The molecule has 4 heteroatoms. The first-order chi connectivity index (χ1) is 8.69. The minimum Gasteiger partial charge on any atom is -0.378 e. The molecule has 1 unspecified atom stereocenters. The maximum atomic E-state index is 5.77. The van der Waals surface area contributed by atoms with Crippen LogP contribution in [0.15, 0.2) is 15.9 Å². The molecule has 0 spiro atoms. The van der Waals surface area contributed by atoms with Crippen molar-refractivity contribution in [1.29, 1.82) is 0 Å². The van der Waals surface area contributed by atoms with Crippen LogP contribution in [0, 0.1) is 0 Å². The Labute approximate surface area is 122 Å². The van der Waals surface area contributed by atoms with Crippen molar-refractivity contribution in [3.8, 4) is 0 Å². The van der Waals surface area contributed by atoms with E-state index in [9.17, 15) is 0 Å². The summed E-state index contributed by atoms with van der Waals surface area (Å²) in [5.41, 5.74) is 0.127. The number of hydrogen-bond acceptors (Lipinski definition) is 3. The van der Waals surface area contributed by atoms with Crippen LogP contribution < -0.4 is 5.32 Å². The number of methoxy groups -OCH3 is 1. The van der Waals surface area contributed by atoms with Crippen LogP contribution in [0.1, 0.15) is 49.9 Å². The van der Waals surface area contributed by atoms with E-state index in [1.54, 1.807) is 0 Å². The first kappa shape index (κ1) is 14.5. The van der Waals surface area contributed by atoms with Gasteiger partial charge in [-0.05, 0) is 66.7 Å². The summed E-state index contributed by atoms with van der Waals surface area (Å²) in [6.45, 7) is 3.28. The Kier molecular flexibility index (Phi) is 5.24. The fourth-order valence-corrected chi connectivity index (χ4v) is 4.04. The molecule has 0 amide bonds. The SMILES string of the molecule is CCCNC(CC1(OC)CCC1)c1ccc(Br)s1. The highest BCUT2D eigenvalue weighted by molar-refractivity contribution is 9.11. The van der Waals surface area contributed by atoms with Gasteiger partial charge in [-0.25, -0.2) is 0 Å². The number of halogens is 1. The molecule has 0 aliphatic heterocycles. The maximum Gasteiger partial charge on any atom is 0.0701 e. The van der Waals surface area contributed by atoms with Crippen LogP contribution >= 0.6 is 27.3 Å². The Morgan fingerprint density at radius 1 is 1.50 bits per heavy atom. The first-order valence-electron chi connectivity index (χ1n) is 6.73. The van der Waals surface area contributed by atoms with E-state index in [1.807, 2.05) is 18.4 Å². The smallest absolute Gasteiger partial charge is 0.0701 e. The third-order valence-corrected chi connectivity index (χ3v) is 5.59. The summed E-state index contributed by atoms with van der Waals surface area (Å²) < 4.78 is 6.97. The van der Waals surface area contributed by atoms with Gasteiger partial charge >= 0.3 is 0 Å². The Morgan fingerprint density at radius 2 is 2.28 bits per heavy atom. The van der Waals surface area contributed by atoms with E-state index in [-0.39, 0.29) is 5.60 Å². The van der Waals surface area contributed by atoms with Gasteiger partial charge in [0.15, 0.2) is 0 Å². The van der Waals surface area contributed by atoms with Gasteiger partial charge < -0.3 is 10.1 Å². The minimum atomic E-state index is 0.127. The molecule has 0 aromatic carbocycles. The number of ether oxygens (including phenoxy) is 1. The molecule has 2 rings (SSSR count). The summed E-state index contributed by atoms with van der Waals surface area (Å²) in [6.07, 6.45) is 5.99. The van der Waals surface area contributed by atoms with Crippen LogP contribution in [0.2, 0.25) is 0 Å². The second-order valence-corrected chi connectivity index (χ2v) is 7.59. The van der Waals surface area contributed by atoms with Crippen LogP contribution in [-0.2, 0) is 4.74 Å². The Morgan fingerprint density at radius 3 is 2.72 bits per heavy atom. The summed E-state index contributed by atoms with van der Waals surface area (Å²) in [4.78, 5) is 1.42. The molecule has 1 aromatic heterocycles. The molecule has 1 N–H and O–H groups in total. The zero-order valence-electron chi connectivity index (χ0n) is 11.2. The van der Waals surface area contributed by atoms with Crippen molar-refractivity contribution in [2.45, 2.75) is 50.7 Å². The largest absolute Gasteiger partial charge is 0.378 e. The summed E-state index contributed by atoms with van der Waals surface area (Å²) in [5, 5.41) is 3.67. The highest BCUT2D eigenvalue weighted by atomic mass is 79.9. The van der Waals surface area contributed by atoms with E-state index < -0.39 is 0 Å². The second-order valence-electron chi connectivity index (χ2n) is 5.09. The van der Waals surface area contributed by atoms with Crippen molar-refractivity contribution in [2.75, 3.05) is 13.7 Å². The summed E-state index contributed by atoms with van der Waals surface area (Å²) in [5.74, 6) is 0. The molecule has 1 atom stereocenters. The third-order valence-electron chi connectivity index (χ3n) is 3.85. The van der Waals surface area contributed by atoms with Crippen LogP contribution in [0.4, 0.5) is 0 Å². The second kappa shape index (κ2) is 6.51. The van der Waals surface area contributed by atoms with Crippen LogP contribution in [-0.4, -0.2) is 19.3 Å². The first-order valence-corrected chi connectivity index (χ1v) is 8.34. The number of rotatable bonds is 7. The quantitative estimate of drug-likeness (QED) is 0.793. The summed E-state index contributed by atoms with van der Waals surface area (Å²) >= 11 is 5.39. The topological polar surface area (TPSA) is 21.3 Å². The number of thiophene rings is 1. The molecular weight excluding hydrogens is 310 g/mol. The van der Waals surface area contributed by atoms with Gasteiger partial charge in [0.25, 0.3) is 0 Å². The minimum absolute atomic E-state index is 0.127. The molecular formula is C14H22BrNOS. The highest BCUT2D eigenvalue weighted by Crippen LogP contribution is 2.43. The summed E-state index contributed by atoms with van der Waals surface area (Å²) in [6, 6.07) is 4.80. The molecule has 0 bridgehead atoms. The van der Waals surface area contributed by atoms with E-state index in [0.717, 1.165) is 13.0 Å². The lowest BCUT2D eigenvalue weighted by atomic mass is 9.75. The highest BCUT2D eigenvalue weighted by Gasteiger charge is 2.39. The lowest BCUT2D eigenvalue weighted by Gasteiger charge is -2.42. The number of hydrogen-bond donors (Lipinski definition) is 1. The normalized spacial score (nSPS) is 19.5. The molecule has 2 nitrogen and oxygen atoms in total. The van der Waals surface area contributed by atoms with Gasteiger partial charge in [0.1, 0.15) is 0 Å². The van der Waals surface area contributed by atoms with Crippen LogP contribution in [0.25, 0.3) is 0 Å². The van der Waals surface area contributed by atoms with Gasteiger partial charge in [-0.15, -0.1) is 11.3 Å². The van der Waals surface area contributed by atoms with Gasteiger partial charge in [0, 0.05) is 18.0 Å². The van der Waals surface area contributed by atoms with Gasteiger partial charge in [-0.2, -0.15) is 0 Å². The van der Waals surface area contributed by atoms with Crippen molar-refractivity contribution in [1.82, 2.24) is 5.32 Å². The van der Waals surface area contributed by atoms with Gasteiger partial charge in [0.05, 0.1) is 9.39 Å². The third kappa shape index (κ3) is 3.35. The van der Waals surface area contributed by atoms with Crippen LogP contribution in [0.3, 0.4) is 0 Å². The van der Waals surface area contributed by atoms with Gasteiger partial charge in [0.2, 0.25) is 0 Å². The van der Waals surface area contributed by atoms with Crippen LogP contribution in [0.5, 0.6) is 0 Å². The predicted molar refractivity (Wildman–Crippen MR) is 81.3 cm³/mol. The molecule has 1 saturated carbocycles. The summed E-state index contributed by atoms with van der Waals surface area (Å²) in [7, 11) is 1.86. The maximum absolute atomic E-state index is 5.77. The average Bonchev–Trinajstić information content (AvgIpc) is 2.74. The lowest BCUT2D eigenvalue weighted by molar-refractivity contribution is -0.0836. The zero-order chi connectivity index (χ0) is 13.0. The standard InChI is InChI=1S/C14H22BrNOS/c1-3-9-16-11(12-5-6-13(15)18-12)10-14(17-2)7-4-8-14/h5-6,11,16H,3-4,7-10H2,1-2H3. The Hall–Kier alpha value is 0.1000. The van der Waals surface area contributed by atoms with Crippen molar-refractivity contribution < 1.29 is 4.74 Å². The van der Waals surface area contributed by atoms with E-state index >= 15 is 0 Å². The van der Waals surface area contributed by atoms with Crippen molar-refractivity contribution in [3.63, 3.8) is 0 Å². The number of nitrogens with one attached hydrogen (secondary N) is 1. The van der Waals surface area contributed by atoms with Gasteiger partial charge in [-0.3, -0.25) is 0 Å². The predicted octanol–water partition coefficient (Wildman–Crippen LogP) is 4.51. The Balaban J connectivity index is 2.05. The van der Waals surface area contributed by atoms with Crippen molar-refractivity contribution in [2.24, 2.45) is 0 Å². The molecule has 1 aliphatic carbocycles. The molecule has 18 heavy (non-hydrogen) atoms. The molecule has 1 aromatic rings. The lowest BCUT2D eigenvalue weighted by Crippen LogP contribution is -2.42. The van der Waals surface area contributed by atoms with Crippen molar-refractivity contribution >= 4 is 27.3 Å². The molecule has 102 valence electrons. The van der Waals surface area contributed by atoms with Gasteiger partial charge in [-0.1, -0.05) is 6.92 Å². The van der Waals surface area contributed by atoms with E-state index in [0.29, 0.717) is 6.04 Å². The van der Waals surface area contributed by atoms with E-state index in [1.165, 1.54) is 34.3 Å². The average molecular weight is 332 g/mol. The molecule has 1 heterocycles. The van der Waals surface area contributed by atoms with Crippen molar-refractivity contribution in [3.05, 3.63) is 20.8 Å².